The quantitative estimate of drug-likeness (QED) is 0.813. The number of rotatable bonds is 3. The Balaban J connectivity index is 1.83. The standard InChI is InChI=1S/C16H16BrN3O3/c17-13-3-1-2-12(10-13)14-4-5-15(21)20(18-14)11-16(22)19-6-8-23-9-7-19/h1-5,10H,6-9,11H2. The summed E-state index contributed by atoms with van der Waals surface area (Å²) in [6, 6.07) is 10.7. The van der Waals surface area contributed by atoms with Gasteiger partial charge >= 0.3 is 0 Å². The van der Waals surface area contributed by atoms with Crippen molar-refractivity contribution in [2.45, 2.75) is 6.54 Å². The average Bonchev–Trinajstić information content (AvgIpc) is 2.57. The summed E-state index contributed by atoms with van der Waals surface area (Å²) in [5.74, 6) is -0.116. The van der Waals surface area contributed by atoms with Crippen LogP contribution >= 0.6 is 15.9 Å². The molecule has 2 heterocycles. The van der Waals surface area contributed by atoms with E-state index >= 15 is 0 Å². The van der Waals surface area contributed by atoms with Gasteiger partial charge in [-0.05, 0) is 18.2 Å². The van der Waals surface area contributed by atoms with Crippen LogP contribution in [0.1, 0.15) is 0 Å². The van der Waals surface area contributed by atoms with E-state index in [0.717, 1.165) is 10.0 Å². The molecule has 6 nitrogen and oxygen atoms in total. The van der Waals surface area contributed by atoms with Crippen molar-refractivity contribution in [3.8, 4) is 11.3 Å². The molecule has 1 aromatic carbocycles. The highest BCUT2D eigenvalue weighted by atomic mass is 79.9. The summed E-state index contributed by atoms with van der Waals surface area (Å²) in [6.45, 7) is 2.12. The van der Waals surface area contributed by atoms with Crippen LogP contribution in [0.4, 0.5) is 0 Å². The minimum absolute atomic E-state index is 0.0549. The van der Waals surface area contributed by atoms with Crippen LogP contribution in [0.2, 0.25) is 0 Å². The molecule has 23 heavy (non-hydrogen) atoms. The van der Waals surface area contributed by atoms with Gasteiger partial charge in [0.05, 0.1) is 18.9 Å². The van der Waals surface area contributed by atoms with E-state index in [2.05, 4.69) is 21.0 Å². The van der Waals surface area contributed by atoms with Gasteiger partial charge in [-0.25, -0.2) is 4.68 Å². The number of carbonyl (C=O) groups is 1. The van der Waals surface area contributed by atoms with E-state index in [4.69, 9.17) is 4.74 Å². The van der Waals surface area contributed by atoms with Crippen LogP contribution in [-0.2, 0) is 16.1 Å². The van der Waals surface area contributed by atoms with E-state index in [-0.39, 0.29) is 18.0 Å². The van der Waals surface area contributed by atoms with Crippen molar-refractivity contribution in [1.29, 1.82) is 0 Å². The second-order valence-electron chi connectivity index (χ2n) is 5.22. The lowest BCUT2D eigenvalue weighted by Crippen LogP contribution is -2.43. The maximum atomic E-state index is 12.3. The van der Waals surface area contributed by atoms with Gasteiger partial charge in [-0.3, -0.25) is 9.59 Å². The van der Waals surface area contributed by atoms with Gasteiger partial charge in [-0.1, -0.05) is 28.1 Å². The molecule has 0 radical (unpaired) electrons. The molecular weight excluding hydrogens is 362 g/mol. The number of ether oxygens (including phenoxy) is 1. The summed E-state index contributed by atoms with van der Waals surface area (Å²) in [5, 5.41) is 4.32. The molecule has 0 aliphatic carbocycles. The zero-order chi connectivity index (χ0) is 16.2. The first-order chi connectivity index (χ1) is 11.1. The number of nitrogens with zero attached hydrogens (tertiary/aromatic N) is 3. The molecule has 0 bridgehead atoms. The highest BCUT2D eigenvalue weighted by Gasteiger charge is 2.18. The summed E-state index contributed by atoms with van der Waals surface area (Å²) < 4.78 is 7.38. The number of amides is 1. The first-order valence-corrected chi connectivity index (χ1v) is 8.12. The third kappa shape index (κ3) is 3.86. The van der Waals surface area contributed by atoms with Crippen LogP contribution in [0.15, 0.2) is 45.7 Å². The normalized spacial score (nSPS) is 14.7. The molecule has 1 aliphatic rings. The summed E-state index contributed by atoms with van der Waals surface area (Å²) in [7, 11) is 0. The number of morpholine rings is 1. The lowest BCUT2D eigenvalue weighted by Gasteiger charge is -2.26. The smallest absolute Gasteiger partial charge is 0.267 e. The van der Waals surface area contributed by atoms with E-state index in [1.165, 1.54) is 10.7 Å². The predicted molar refractivity (Wildman–Crippen MR) is 89.0 cm³/mol. The molecule has 0 saturated carbocycles. The molecule has 1 fully saturated rings. The van der Waals surface area contributed by atoms with E-state index in [1.807, 2.05) is 24.3 Å². The first kappa shape index (κ1) is 15.9. The van der Waals surface area contributed by atoms with Gasteiger partial charge in [0.2, 0.25) is 5.91 Å². The maximum Gasteiger partial charge on any atom is 0.267 e. The monoisotopic (exact) mass is 377 g/mol. The van der Waals surface area contributed by atoms with Gasteiger partial charge in [-0.2, -0.15) is 5.10 Å². The van der Waals surface area contributed by atoms with Crippen molar-refractivity contribution in [2.75, 3.05) is 26.3 Å². The van der Waals surface area contributed by atoms with Gasteiger partial charge < -0.3 is 9.64 Å². The summed E-state index contributed by atoms with van der Waals surface area (Å²) in [4.78, 5) is 26.0. The van der Waals surface area contributed by atoms with Crippen LogP contribution in [0.5, 0.6) is 0 Å². The molecule has 1 aliphatic heterocycles. The third-order valence-electron chi connectivity index (χ3n) is 3.64. The van der Waals surface area contributed by atoms with Gasteiger partial charge in [-0.15, -0.1) is 0 Å². The molecule has 120 valence electrons. The van der Waals surface area contributed by atoms with Gasteiger partial charge in [0.1, 0.15) is 6.54 Å². The molecule has 1 saturated heterocycles. The summed E-state index contributed by atoms with van der Waals surface area (Å²) in [5.41, 5.74) is 1.25. The Morgan fingerprint density at radius 2 is 2.00 bits per heavy atom. The molecule has 7 heteroatoms. The van der Waals surface area contributed by atoms with Crippen molar-refractivity contribution in [2.24, 2.45) is 0 Å². The molecule has 1 aromatic heterocycles. The molecule has 1 amide bonds. The lowest BCUT2D eigenvalue weighted by atomic mass is 10.1. The Kier molecular flexibility index (Phi) is 4.88. The van der Waals surface area contributed by atoms with E-state index in [0.29, 0.717) is 32.0 Å². The third-order valence-corrected chi connectivity index (χ3v) is 4.13. The zero-order valence-electron chi connectivity index (χ0n) is 12.4. The fourth-order valence-electron chi connectivity index (χ4n) is 2.40. The largest absolute Gasteiger partial charge is 0.378 e. The van der Waals surface area contributed by atoms with Crippen molar-refractivity contribution in [3.63, 3.8) is 0 Å². The first-order valence-electron chi connectivity index (χ1n) is 7.33. The van der Waals surface area contributed by atoms with Crippen LogP contribution in [-0.4, -0.2) is 46.9 Å². The minimum Gasteiger partial charge on any atom is -0.378 e. The maximum absolute atomic E-state index is 12.3. The summed E-state index contributed by atoms with van der Waals surface area (Å²) >= 11 is 3.42. The highest BCUT2D eigenvalue weighted by Crippen LogP contribution is 2.20. The van der Waals surface area contributed by atoms with E-state index in [9.17, 15) is 9.59 Å². The Bertz CT molecular complexity index is 769. The van der Waals surface area contributed by atoms with Crippen LogP contribution in [0.25, 0.3) is 11.3 Å². The number of benzene rings is 1. The fraction of sp³-hybridized carbons (Fsp3) is 0.312. The topological polar surface area (TPSA) is 64.4 Å². The molecule has 0 spiro atoms. The molecule has 2 aromatic rings. The number of hydrogen-bond donors (Lipinski definition) is 0. The van der Waals surface area contributed by atoms with Gasteiger partial charge in [0.15, 0.2) is 0 Å². The van der Waals surface area contributed by atoms with Crippen molar-refractivity contribution in [1.82, 2.24) is 14.7 Å². The van der Waals surface area contributed by atoms with Crippen LogP contribution in [0.3, 0.4) is 0 Å². The van der Waals surface area contributed by atoms with Crippen molar-refractivity contribution < 1.29 is 9.53 Å². The fourth-order valence-corrected chi connectivity index (χ4v) is 2.80. The second kappa shape index (κ2) is 7.06. The number of hydrogen-bond acceptors (Lipinski definition) is 4. The van der Waals surface area contributed by atoms with E-state index in [1.54, 1.807) is 11.0 Å². The van der Waals surface area contributed by atoms with Crippen molar-refractivity contribution in [3.05, 3.63) is 51.2 Å². The molecule has 0 N–H and O–H groups in total. The Hall–Kier alpha value is -1.99. The van der Waals surface area contributed by atoms with Crippen LogP contribution in [0, 0.1) is 0 Å². The SMILES string of the molecule is O=C(Cn1nc(-c2cccc(Br)c2)ccc1=O)N1CCOCC1. The van der Waals surface area contributed by atoms with Crippen molar-refractivity contribution >= 4 is 21.8 Å². The zero-order valence-corrected chi connectivity index (χ0v) is 14.0. The number of halogens is 1. The molecule has 3 rings (SSSR count). The Morgan fingerprint density at radius 3 is 2.74 bits per heavy atom. The number of carbonyl (C=O) groups excluding carboxylic acids is 1. The lowest BCUT2D eigenvalue weighted by molar-refractivity contribution is -0.136. The Morgan fingerprint density at radius 1 is 1.22 bits per heavy atom. The van der Waals surface area contributed by atoms with E-state index < -0.39 is 0 Å². The molecule has 0 atom stereocenters. The summed E-state index contributed by atoms with van der Waals surface area (Å²) in [6.07, 6.45) is 0. The minimum atomic E-state index is -0.287. The number of aromatic nitrogens is 2. The average molecular weight is 378 g/mol. The van der Waals surface area contributed by atoms with Gasteiger partial charge in [0.25, 0.3) is 5.56 Å². The molecule has 0 unspecified atom stereocenters. The second-order valence-corrected chi connectivity index (χ2v) is 6.13. The highest BCUT2D eigenvalue weighted by molar-refractivity contribution is 9.10. The molecular formula is C16H16BrN3O3. The van der Waals surface area contributed by atoms with Gasteiger partial charge in [0, 0.05) is 29.2 Å². The Labute approximate surface area is 141 Å². The van der Waals surface area contributed by atoms with Crippen LogP contribution < -0.4 is 5.56 Å². The predicted octanol–water partition coefficient (Wildman–Crippen LogP) is 1.53.